The summed E-state index contributed by atoms with van der Waals surface area (Å²) in [5.41, 5.74) is 0. The van der Waals surface area contributed by atoms with E-state index in [1.807, 2.05) is 0 Å². The number of ether oxygens (including phenoxy) is 2. The lowest BCUT2D eigenvalue weighted by Crippen LogP contribution is -2.43. The van der Waals surface area contributed by atoms with Gasteiger partial charge in [0.15, 0.2) is 5.78 Å². The molecule has 1 N–H and O–H groups in total. The van der Waals surface area contributed by atoms with Crippen molar-refractivity contribution in [2.45, 2.75) is 31.4 Å². The van der Waals surface area contributed by atoms with E-state index in [4.69, 9.17) is 22.8 Å². The quantitative estimate of drug-likeness (QED) is 0.190. The number of hydrogen-bond donors (Lipinski definition) is 1. The lowest BCUT2D eigenvalue weighted by Gasteiger charge is -2.24. The molecule has 1 atom stereocenters. The van der Waals surface area contributed by atoms with Crippen molar-refractivity contribution in [3.8, 4) is 0 Å². The Morgan fingerprint density at radius 1 is 1.07 bits per heavy atom. The molecule has 0 saturated heterocycles. The van der Waals surface area contributed by atoms with E-state index in [0.29, 0.717) is 19.0 Å². The van der Waals surface area contributed by atoms with Crippen molar-refractivity contribution in [2.75, 3.05) is 34.5 Å². The van der Waals surface area contributed by atoms with Crippen molar-refractivity contribution in [1.29, 1.82) is 0 Å². The Bertz CT molecular complexity index is 475. The highest BCUT2D eigenvalue weighted by Crippen LogP contribution is 2.14. The largest absolute Gasteiger partial charge is 0.500 e. The van der Waals surface area contributed by atoms with Gasteiger partial charge in [0.2, 0.25) is 0 Å². The second-order valence-corrected chi connectivity index (χ2v) is 8.49. The molecule has 154 valence electrons. The van der Waals surface area contributed by atoms with Crippen LogP contribution in [0.15, 0.2) is 25.3 Å². The zero-order valence-corrected chi connectivity index (χ0v) is 17.2. The second kappa shape index (κ2) is 14.1. The molecule has 0 spiro atoms. The predicted molar refractivity (Wildman–Crippen MR) is 100 cm³/mol. The van der Waals surface area contributed by atoms with Crippen LogP contribution in [-0.2, 0) is 32.3 Å². The zero-order chi connectivity index (χ0) is 20.7. The fourth-order valence-corrected chi connectivity index (χ4v) is 3.78. The van der Waals surface area contributed by atoms with Crippen molar-refractivity contribution < 1.29 is 37.1 Å². The van der Waals surface area contributed by atoms with Gasteiger partial charge in [0.25, 0.3) is 0 Å². The third-order valence-electron chi connectivity index (χ3n) is 3.65. The first kappa shape index (κ1) is 25.0. The van der Waals surface area contributed by atoms with Crippen LogP contribution >= 0.6 is 0 Å². The molecule has 0 heterocycles. The molecular weight excluding hydrogens is 374 g/mol. The Balaban J connectivity index is 4.43. The third-order valence-corrected chi connectivity index (χ3v) is 6.49. The predicted octanol–water partition coefficient (Wildman–Crippen LogP) is 1.61. The molecule has 0 rings (SSSR count). The van der Waals surface area contributed by atoms with Crippen LogP contribution in [0, 0.1) is 0 Å². The maximum absolute atomic E-state index is 11.9. The molecule has 0 aromatic rings. The molecule has 0 aromatic carbocycles. The highest BCUT2D eigenvalue weighted by atomic mass is 28.4. The van der Waals surface area contributed by atoms with E-state index in [0.717, 1.165) is 6.08 Å². The number of esters is 1. The minimum absolute atomic E-state index is 0.122. The normalized spacial score (nSPS) is 12.0. The van der Waals surface area contributed by atoms with Gasteiger partial charge in [-0.15, -0.1) is 0 Å². The minimum Gasteiger partial charge on any atom is -0.459 e. The maximum atomic E-state index is 11.9. The first-order valence-corrected chi connectivity index (χ1v) is 10.3. The summed E-state index contributed by atoms with van der Waals surface area (Å²) in [6.07, 6.45) is 1.63. The van der Waals surface area contributed by atoms with Gasteiger partial charge in [-0.1, -0.05) is 13.2 Å². The summed E-state index contributed by atoms with van der Waals surface area (Å²) in [5, 5.41) is 2.59. The zero-order valence-electron chi connectivity index (χ0n) is 16.2. The molecular formula is C17H29NO8Si. The van der Waals surface area contributed by atoms with E-state index in [1.165, 1.54) is 27.4 Å². The van der Waals surface area contributed by atoms with Gasteiger partial charge >= 0.3 is 20.9 Å². The van der Waals surface area contributed by atoms with Gasteiger partial charge in [0, 0.05) is 46.4 Å². The van der Waals surface area contributed by atoms with Crippen LogP contribution in [0.3, 0.4) is 0 Å². The Morgan fingerprint density at radius 3 is 2.22 bits per heavy atom. The standard InChI is InChI=1S/C17H29NO8Si/c1-6-14(19)9-10-15(13-25-16(20)7-2)26-17(21)18-11-8-12-27(22-3,23-4)24-5/h6-7,15H,1-2,8-13H2,3-5H3,(H,18,21). The molecule has 0 aliphatic rings. The molecule has 0 bridgehead atoms. The summed E-state index contributed by atoms with van der Waals surface area (Å²) in [5.74, 6) is -0.835. The van der Waals surface area contributed by atoms with Crippen molar-refractivity contribution >= 4 is 26.7 Å². The maximum Gasteiger partial charge on any atom is 0.500 e. The van der Waals surface area contributed by atoms with E-state index >= 15 is 0 Å². The summed E-state index contributed by atoms with van der Waals surface area (Å²) in [7, 11) is 1.86. The highest BCUT2D eigenvalue weighted by Gasteiger charge is 2.36. The van der Waals surface area contributed by atoms with Gasteiger partial charge in [0.1, 0.15) is 12.7 Å². The molecule has 0 saturated carbocycles. The lowest BCUT2D eigenvalue weighted by atomic mass is 10.1. The molecule has 27 heavy (non-hydrogen) atoms. The minimum atomic E-state index is -2.69. The van der Waals surface area contributed by atoms with E-state index < -0.39 is 27.0 Å². The number of allylic oxidation sites excluding steroid dienone is 1. The van der Waals surface area contributed by atoms with Gasteiger partial charge in [-0.25, -0.2) is 9.59 Å². The van der Waals surface area contributed by atoms with Gasteiger partial charge < -0.3 is 28.1 Å². The molecule has 1 unspecified atom stereocenters. The molecule has 0 fully saturated rings. The number of amides is 1. The molecule has 9 nitrogen and oxygen atoms in total. The molecule has 10 heteroatoms. The average molecular weight is 404 g/mol. The van der Waals surface area contributed by atoms with Gasteiger partial charge in [-0.05, 0) is 18.9 Å². The number of carbonyl (C=O) groups is 3. The van der Waals surface area contributed by atoms with E-state index in [-0.39, 0.29) is 25.2 Å². The Kier molecular flexibility index (Phi) is 13.0. The third kappa shape index (κ3) is 10.7. The number of nitrogens with one attached hydrogen (secondary N) is 1. The number of ketones is 1. The smallest absolute Gasteiger partial charge is 0.459 e. The number of hydrogen-bond acceptors (Lipinski definition) is 8. The van der Waals surface area contributed by atoms with Crippen LogP contribution < -0.4 is 5.32 Å². The Morgan fingerprint density at radius 2 is 1.70 bits per heavy atom. The van der Waals surface area contributed by atoms with Gasteiger partial charge in [-0.2, -0.15) is 0 Å². The van der Waals surface area contributed by atoms with Crippen LogP contribution in [0.4, 0.5) is 4.79 Å². The van der Waals surface area contributed by atoms with E-state index in [1.54, 1.807) is 0 Å². The Hall–Kier alpha value is -2.01. The van der Waals surface area contributed by atoms with Gasteiger partial charge in [0.05, 0.1) is 0 Å². The summed E-state index contributed by atoms with van der Waals surface area (Å²) < 4.78 is 26.0. The van der Waals surface area contributed by atoms with Crippen LogP contribution in [0.25, 0.3) is 0 Å². The summed E-state index contributed by atoms with van der Waals surface area (Å²) >= 11 is 0. The van der Waals surface area contributed by atoms with Crippen LogP contribution in [0.5, 0.6) is 0 Å². The molecule has 0 aliphatic carbocycles. The van der Waals surface area contributed by atoms with Crippen LogP contribution in [0.2, 0.25) is 6.04 Å². The molecule has 0 aromatic heterocycles. The van der Waals surface area contributed by atoms with Crippen molar-refractivity contribution in [3.63, 3.8) is 0 Å². The second-order valence-electron chi connectivity index (χ2n) is 5.40. The van der Waals surface area contributed by atoms with Crippen LogP contribution in [0.1, 0.15) is 19.3 Å². The summed E-state index contributed by atoms with van der Waals surface area (Å²) in [6, 6.07) is 0.519. The molecule has 0 radical (unpaired) electrons. The van der Waals surface area contributed by atoms with Crippen molar-refractivity contribution in [3.05, 3.63) is 25.3 Å². The fraction of sp³-hybridized carbons (Fsp3) is 0.588. The average Bonchev–Trinajstić information content (AvgIpc) is 2.69. The highest BCUT2D eigenvalue weighted by molar-refractivity contribution is 6.60. The number of carbonyl (C=O) groups excluding carboxylic acids is 3. The number of alkyl carbamates (subject to hydrolysis) is 1. The first-order chi connectivity index (χ1) is 12.9. The number of rotatable bonds is 15. The van der Waals surface area contributed by atoms with Gasteiger partial charge in [-0.3, -0.25) is 4.79 Å². The molecule has 1 amide bonds. The SMILES string of the molecule is C=CC(=O)CCC(COC(=O)C=C)OC(=O)NCCC[Si](OC)(OC)OC. The summed E-state index contributed by atoms with van der Waals surface area (Å²) in [6.45, 7) is 6.81. The first-order valence-electron chi connectivity index (χ1n) is 8.40. The van der Waals surface area contributed by atoms with E-state index in [9.17, 15) is 14.4 Å². The summed E-state index contributed by atoms with van der Waals surface area (Å²) in [4.78, 5) is 34.5. The van der Waals surface area contributed by atoms with Crippen molar-refractivity contribution in [2.24, 2.45) is 0 Å². The van der Waals surface area contributed by atoms with Crippen molar-refractivity contribution in [1.82, 2.24) is 5.32 Å². The Labute approximate surface area is 161 Å². The van der Waals surface area contributed by atoms with E-state index in [2.05, 4.69) is 18.5 Å². The monoisotopic (exact) mass is 403 g/mol. The molecule has 0 aliphatic heterocycles. The lowest BCUT2D eigenvalue weighted by molar-refractivity contribution is -0.140. The fourth-order valence-electron chi connectivity index (χ4n) is 2.06. The van der Waals surface area contributed by atoms with Crippen LogP contribution in [-0.4, -0.2) is 67.2 Å². The topological polar surface area (TPSA) is 109 Å².